The van der Waals surface area contributed by atoms with Crippen LogP contribution >= 0.6 is 11.6 Å². The maximum Gasteiger partial charge on any atom is 0.314 e. The van der Waals surface area contributed by atoms with Crippen molar-refractivity contribution in [3.05, 3.63) is 29.0 Å². The Labute approximate surface area is 139 Å². The standard InChI is InChI=1S/C16H20ClFN2O3/c1-2-23-16(22)11-4-3-7-20(9-11)10-15(21)19-12-5-6-14(18)13(17)8-12/h5-6,8,11H,2-4,7,9-10H2,1H3,(H,19,21)/p+1/t11-/m1/s1. The van der Waals surface area contributed by atoms with Gasteiger partial charge in [0.2, 0.25) is 0 Å². The quantitative estimate of drug-likeness (QED) is 0.792. The number of likely N-dealkylation sites (tertiary alicyclic amines) is 1. The highest BCUT2D eigenvalue weighted by Gasteiger charge is 2.30. The van der Waals surface area contributed by atoms with E-state index in [2.05, 4.69) is 5.32 Å². The van der Waals surface area contributed by atoms with Crippen LogP contribution in [0.4, 0.5) is 10.1 Å². The Kier molecular flexibility index (Phi) is 6.36. The van der Waals surface area contributed by atoms with E-state index in [4.69, 9.17) is 16.3 Å². The number of benzene rings is 1. The number of hydrogen-bond acceptors (Lipinski definition) is 3. The molecule has 0 spiro atoms. The Morgan fingerprint density at radius 2 is 2.26 bits per heavy atom. The van der Waals surface area contributed by atoms with E-state index in [0.717, 1.165) is 24.3 Å². The third-order valence-corrected chi connectivity index (χ3v) is 4.14. The zero-order chi connectivity index (χ0) is 16.8. The SMILES string of the molecule is CCOC(=O)[C@@H]1CCC[NH+](CC(=O)Nc2ccc(F)c(Cl)c2)C1. The minimum atomic E-state index is -0.524. The molecule has 0 aromatic heterocycles. The van der Waals surface area contributed by atoms with Gasteiger partial charge in [0.15, 0.2) is 6.54 Å². The lowest BCUT2D eigenvalue weighted by atomic mass is 9.98. The van der Waals surface area contributed by atoms with E-state index in [1.54, 1.807) is 6.92 Å². The fraction of sp³-hybridized carbons (Fsp3) is 0.500. The molecule has 1 aliphatic heterocycles. The fourth-order valence-electron chi connectivity index (χ4n) is 2.78. The zero-order valence-electron chi connectivity index (χ0n) is 13.0. The summed E-state index contributed by atoms with van der Waals surface area (Å²) in [6, 6.07) is 4.05. The first-order chi connectivity index (χ1) is 11.0. The Bertz CT molecular complexity index is 582. The van der Waals surface area contributed by atoms with E-state index in [0.29, 0.717) is 18.8 Å². The van der Waals surface area contributed by atoms with Crippen molar-refractivity contribution in [2.24, 2.45) is 5.92 Å². The van der Waals surface area contributed by atoms with Crippen molar-refractivity contribution in [1.29, 1.82) is 0 Å². The number of hydrogen-bond donors (Lipinski definition) is 2. The number of carbonyl (C=O) groups is 2. The second kappa shape index (κ2) is 8.26. The van der Waals surface area contributed by atoms with E-state index in [1.807, 2.05) is 0 Å². The van der Waals surface area contributed by atoms with Gasteiger partial charge in [-0.05, 0) is 38.0 Å². The predicted octanol–water partition coefficient (Wildman–Crippen LogP) is 1.28. The minimum Gasteiger partial charge on any atom is -0.466 e. The van der Waals surface area contributed by atoms with E-state index in [1.165, 1.54) is 18.2 Å². The highest BCUT2D eigenvalue weighted by molar-refractivity contribution is 6.31. The molecule has 7 heteroatoms. The summed E-state index contributed by atoms with van der Waals surface area (Å²) in [6.07, 6.45) is 1.69. The number of esters is 1. The first-order valence-electron chi connectivity index (χ1n) is 7.74. The van der Waals surface area contributed by atoms with Gasteiger partial charge in [0.1, 0.15) is 11.7 Å². The van der Waals surface area contributed by atoms with Crippen LogP contribution in [0.2, 0.25) is 5.02 Å². The molecular weight excluding hydrogens is 323 g/mol. The van der Waals surface area contributed by atoms with Crippen LogP contribution < -0.4 is 10.2 Å². The number of rotatable bonds is 5. The molecule has 1 saturated heterocycles. The van der Waals surface area contributed by atoms with Crippen molar-refractivity contribution in [1.82, 2.24) is 0 Å². The highest BCUT2D eigenvalue weighted by atomic mass is 35.5. The van der Waals surface area contributed by atoms with Crippen molar-refractivity contribution in [2.75, 3.05) is 31.6 Å². The molecule has 23 heavy (non-hydrogen) atoms. The molecule has 0 saturated carbocycles. The molecular formula is C16H21ClFN2O3+. The van der Waals surface area contributed by atoms with E-state index in [9.17, 15) is 14.0 Å². The average molecular weight is 344 g/mol. The van der Waals surface area contributed by atoms with Crippen LogP contribution in [0, 0.1) is 11.7 Å². The molecule has 1 aromatic carbocycles. The molecule has 1 unspecified atom stereocenters. The second-order valence-corrected chi connectivity index (χ2v) is 6.06. The minimum absolute atomic E-state index is 0.0319. The first-order valence-corrected chi connectivity index (χ1v) is 8.12. The normalized spacial score (nSPS) is 20.8. The van der Waals surface area contributed by atoms with Gasteiger partial charge in [-0.15, -0.1) is 0 Å². The summed E-state index contributed by atoms with van der Waals surface area (Å²) in [6.45, 7) is 3.85. The number of quaternary nitrogens is 1. The summed E-state index contributed by atoms with van der Waals surface area (Å²) >= 11 is 5.69. The summed E-state index contributed by atoms with van der Waals surface area (Å²) < 4.78 is 18.1. The van der Waals surface area contributed by atoms with Crippen molar-refractivity contribution in [3.8, 4) is 0 Å². The number of ether oxygens (including phenoxy) is 1. The molecule has 5 nitrogen and oxygen atoms in total. The third kappa shape index (κ3) is 5.18. The van der Waals surface area contributed by atoms with Crippen LogP contribution in [-0.2, 0) is 14.3 Å². The van der Waals surface area contributed by atoms with Crippen LogP contribution in [0.1, 0.15) is 19.8 Å². The van der Waals surface area contributed by atoms with E-state index in [-0.39, 0.29) is 29.4 Å². The first kappa shape index (κ1) is 17.7. The van der Waals surface area contributed by atoms with E-state index < -0.39 is 5.82 Å². The van der Waals surface area contributed by atoms with Crippen molar-refractivity contribution < 1.29 is 23.6 Å². The number of amides is 1. The molecule has 1 aliphatic rings. The van der Waals surface area contributed by atoms with Gasteiger partial charge in [0.25, 0.3) is 5.91 Å². The summed E-state index contributed by atoms with van der Waals surface area (Å²) in [5.41, 5.74) is 0.458. The lowest BCUT2D eigenvalue weighted by molar-refractivity contribution is -0.899. The van der Waals surface area contributed by atoms with Gasteiger partial charge < -0.3 is 15.0 Å². The molecule has 0 bridgehead atoms. The van der Waals surface area contributed by atoms with Crippen LogP contribution in [0.15, 0.2) is 18.2 Å². The second-order valence-electron chi connectivity index (χ2n) is 5.65. The lowest BCUT2D eigenvalue weighted by Crippen LogP contribution is -3.14. The summed E-state index contributed by atoms with van der Waals surface area (Å²) in [7, 11) is 0. The molecule has 1 heterocycles. The van der Waals surface area contributed by atoms with Gasteiger partial charge in [0.05, 0.1) is 24.7 Å². The van der Waals surface area contributed by atoms with E-state index >= 15 is 0 Å². The van der Waals surface area contributed by atoms with Crippen molar-refractivity contribution in [3.63, 3.8) is 0 Å². The fourth-order valence-corrected chi connectivity index (χ4v) is 2.96. The number of carbonyl (C=O) groups excluding carboxylic acids is 2. The molecule has 2 N–H and O–H groups in total. The third-order valence-electron chi connectivity index (χ3n) is 3.85. The molecule has 1 aromatic rings. The Morgan fingerprint density at radius 3 is 2.96 bits per heavy atom. The monoisotopic (exact) mass is 343 g/mol. The largest absolute Gasteiger partial charge is 0.466 e. The van der Waals surface area contributed by atoms with Crippen LogP contribution in [0.3, 0.4) is 0 Å². The lowest BCUT2D eigenvalue weighted by Gasteiger charge is -2.28. The summed E-state index contributed by atoms with van der Waals surface area (Å²) in [5.74, 6) is -1.04. The molecule has 0 radical (unpaired) electrons. The van der Waals surface area contributed by atoms with Gasteiger partial charge in [-0.25, -0.2) is 4.39 Å². The van der Waals surface area contributed by atoms with Gasteiger partial charge in [-0.3, -0.25) is 9.59 Å². The van der Waals surface area contributed by atoms with Gasteiger partial charge >= 0.3 is 5.97 Å². The number of halogens is 2. The number of nitrogens with one attached hydrogen (secondary N) is 2. The smallest absolute Gasteiger partial charge is 0.314 e. The van der Waals surface area contributed by atoms with Crippen LogP contribution in [0.25, 0.3) is 0 Å². The topological polar surface area (TPSA) is 59.8 Å². The van der Waals surface area contributed by atoms with Crippen LogP contribution in [-0.4, -0.2) is 38.1 Å². The summed E-state index contributed by atoms with van der Waals surface area (Å²) in [4.78, 5) is 24.9. The maximum atomic E-state index is 13.1. The maximum absolute atomic E-state index is 13.1. The van der Waals surface area contributed by atoms with Crippen molar-refractivity contribution >= 4 is 29.2 Å². The highest BCUT2D eigenvalue weighted by Crippen LogP contribution is 2.19. The van der Waals surface area contributed by atoms with Gasteiger partial charge in [0, 0.05) is 5.69 Å². The number of piperidine rings is 1. The van der Waals surface area contributed by atoms with Crippen molar-refractivity contribution in [2.45, 2.75) is 19.8 Å². The zero-order valence-corrected chi connectivity index (χ0v) is 13.8. The molecule has 2 rings (SSSR count). The molecule has 126 valence electrons. The van der Waals surface area contributed by atoms with Gasteiger partial charge in [-0.2, -0.15) is 0 Å². The predicted molar refractivity (Wildman–Crippen MR) is 85.0 cm³/mol. The Morgan fingerprint density at radius 1 is 1.48 bits per heavy atom. The molecule has 2 atom stereocenters. The van der Waals surface area contributed by atoms with Gasteiger partial charge in [-0.1, -0.05) is 11.6 Å². The number of anilines is 1. The molecule has 0 aliphatic carbocycles. The molecule has 1 fully saturated rings. The average Bonchev–Trinajstić information content (AvgIpc) is 2.51. The Hall–Kier alpha value is -1.66. The molecule has 1 amide bonds. The summed E-state index contributed by atoms with van der Waals surface area (Å²) in [5, 5.41) is 2.67. The van der Waals surface area contributed by atoms with Crippen LogP contribution in [0.5, 0.6) is 0 Å². The Balaban J connectivity index is 1.86.